The van der Waals surface area contributed by atoms with E-state index in [1.165, 1.54) is 16.3 Å². The monoisotopic (exact) mass is 1270 g/mol. The number of amides is 3. The second kappa shape index (κ2) is 36.2. The second-order valence-electron chi connectivity index (χ2n) is 21.2. The fraction of sp³-hybridized carbons (Fsp3) is 0.475. The first-order valence-corrected chi connectivity index (χ1v) is 30.2. The number of pyridine rings is 1. The van der Waals surface area contributed by atoms with Crippen LogP contribution in [0.1, 0.15) is 101 Å². The van der Waals surface area contributed by atoms with Crippen LogP contribution in [0, 0.1) is 0 Å². The molecular formula is C59H76N13O17S+. The van der Waals surface area contributed by atoms with Gasteiger partial charge in [-0.2, -0.15) is 4.57 Å². The molecule has 2 aromatic carbocycles. The summed E-state index contributed by atoms with van der Waals surface area (Å²) >= 11 is 1.65. The molecule has 0 saturated carbocycles. The number of Topliss-reactive ketones (excluding diaryl/α,β-unsaturated/α-hetero) is 2. The third-order valence-corrected chi connectivity index (χ3v) is 15.3. The Morgan fingerprint density at radius 1 is 0.622 bits per heavy atom. The lowest BCUT2D eigenvalue weighted by Gasteiger charge is -2.26. The van der Waals surface area contributed by atoms with Gasteiger partial charge in [0, 0.05) is 62.3 Å². The first-order chi connectivity index (χ1) is 43.2. The van der Waals surface area contributed by atoms with E-state index in [9.17, 15) is 58.2 Å². The minimum absolute atomic E-state index is 0.0321. The molecular weight excluding hydrogens is 1190 g/mol. The number of carbonyl (C=O) groups excluding carboxylic acids is 5. The summed E-state index contributed by atoms with van der Waals surface area (Å²) in [5, 5.41) is 72.9. The quantitative estimate of drug-likeness (QED) is 0.0203. The lowest BCUT2D eigenvalue weighted by molar-refractivity contribution is -0.672. The van der Waals surface area contributed by atoms with Gasteiger partial charge in [0.05, 0.1) is 87.5 Å². The number of aromatic nitrogens is 7. The number of aliphatic carboxylic acids is 5. The molecule has 6 rings (SSSR count). The van der Waals surface area contributed by atoms with Gasteiger partial charge in [-0.3, -0.25) is 57.5 Å². The zero-order chi connectivity index (χ0) is 65.0. The van der Waals surface area contributed by atoms with Crippen molar-refractivity contribution in [3.05, 3.63) is 95.2 Å². The summed E-state index contributed by atoms with van der Waals surface area (Å²) in [4.78, 5) is 124. The third-order valence-electron chi connectivity index (χ3n) is 14.1. The minimum Gasteiger partial charge on any atom is -0.480 e. The van der Waals surface area contributed by atoms with E-state index < -0.39 is 73.8 Å². The Morgan fingerprint density at radius 3 is 1.80 bits per heavy atom. The van der Waals surface area contributed by atoms with Crippen molar-refractivity contribution in [2.24, 2.45) is 0 Å². The number of para-hydroxylation sites is 2. The van der Waals surface area contributed by atoms with Crippen LogP contribution in [-0.2, 0) is 80.6 Å². The smallest absolute Gasteiger partial charge is 0.407 e. The molecule has 484 valence electrons. The molecule has 0 fully saturated rings. The normalized spacial score (nSPS) is 13.0. The van der Waals surface area contributed by atoms with Gasteiger partial charge in [0.2, 0.25) is 11.4 Å². The maximum atomic E-state index is 12.7. The van der Waals surface area contributed by atoms with Crippen molar-refractivity contribution >= 4 is 93.9 Å². The summed E-state index contributed by atoms with van der Waals surface area (Å²) in [6.45, 7) is 1.15. The molecule has 4 heterocycles. The Hall–Kier alpha value is -9.36. The fourth-order valence-corrected chi connectivity index (χ4v) is 11.0. The molecule has 2 atom stereocenters. The first kappa shape index (κ1) is 69.7. The molecule has 0 radical (unpaired) electrons. The average molecular weight is 1270 g/mol. The highest BCUT2D eigenvalue weighted by Crippen LogP contribution is 2.46. The Morgan fingerprint density at radius 2 is 1.19 bits per heavy atom. The number of nitrogens with zero attached hydrogens (tertiary/aromatic N) is 10. The average Bonchev–Trinajstić information content (AvgIpc) is 1.55. The molecule has 0 aliphatic carbocycles. The van der Waals surface area contributed by atoms with E-state index in [1.54, 1.807) is 24.2 Å². The van der Waals surface area contributed by atoms with Crippen molar-refractivity contribution < 1.29 is 87.5 Å². The maximum absolute atomic E-state index is 12.7. The number of hydrogen-bond acceptors (Lipinski definition) is 20. The van der Waals surface area contributed by atoms with Crippen LogP contribution in [-0.4, -0.2) is 189 Å². The molecule has 0 bridgehead atoms. The van der Waals surface area contributed by atoms with Crippen LogP contribution < -0.4 is 25.4 Å². The van der Waals surface area contributed by atoms with Crippen molar-refractivity contribution in [3.63, 3.8) is 0 Å². The van der Waals surface area contributed by atoms with Gasteiger partial charge >= 0.3 is 42.0 Å². The van der Waals surface area contributed by atoms with Crippen LogP contribution in [0.15, 0.2) is 83.1 Å². The summed E-state index contributed by atoms with van der Waals surface area (Å²) in [5.74, 6) is -7.12. The number of carbonyl (C=O) groups is 10. The van der Waals surface area contributed by atoms with E-state index in [-0.39, 0.29) is 102 Å². The molecule has 90 heavy (non-hydrogen) atoms. The highest BCUT2D eigenvalue weighted by Gasteiger charge is 2.30. The van der Waals surface area contributed by atoms with E-state index in [1.807, 2.05) is 42.6 Å². The molecule has 3 aromatic heterocycles. The SMILES string of the molecule is CC(=O)CN(CC(=O)O)C(CCCCNC(=O)CCn1cc(CNC(=O)OCCC[n+]2ccc(C=C3Sc4ccccc4N3CCCOC(=O)NCc3cn(CCC(=O)CCCCCC(C(=O)O)N(CC(=O)O)CC(=O)O)nn3)c3ccccc32)nn1)C(=O)O. The summed E-state index contributed by atoms with van der Waals surface area (Å²) in [6.07, 6.45) is 9.90. The van der Waals surface area contributed by atoms with Gasteiger partial charge in [0.1, 0.15) is 35.0 Å². The number of carboxylic acids is 5. The molecule has 31 heteroatoms. The van der Waals surface area contributed by atoms with Crippen molar-refractivity contribution in [1.82, 2.24) is 55.7 Å². The zero-order valence-electron chi connectivity index (χ0n) is 49.9. The zero-order valence-corrected chi connectivity index (χ0v) is 50.7. The van der Waals surface area contributed by atoms with Gasteiger partial charge in [-0.25, -0.2) is 9.59 Å². The Kier molecular flexibility index (Phi) is 28.1. The highest BCUT2D eigenvalue weighted by atomic mass is 32.2. The Bertz CT molecular complexity index is 3310. The van der Waals surface area contributed by atoms with E-state index >= 15 is 0 Å². The van der Waals surface area contributed by atoms with E-state index in [2.05, 4.69) is 70.3 Å². The molecule has 1 aliphatic heterocycles. The molecule has 0 spiro atoms. The third kappa shape index (κ3) is 23.6. The standard InChI is InChI=1S/C59H75N13O17S/c1-40(73)34-68(37-53(76)77)48(56(82)83)18-9-10-23-60-51(75)22-28-71-36-43(64-66-71)33-61-58(86)88-29-11-24-67-26-20-41(45-14-5-6-15-46(45)67)31-52-72(47-16-7-8-19-50(47)90-52)25-12-30-89-59(87)62-32-42-35-70(65-63-42)27-21-44(74)13-3-2-4-17-49(57(84)85)69(38-54(78)79)39-55(80)81/h5-8,14-16,19-20,26,31,35-36,48-49H,2-4,9-13,17-18,21-25,27-30,32-34,37-39H2,1H3,(H7-,60,61,62,75,76,77,78,79,80,81,82,83,84,85,86,87)/p+1. The van der Waals surface area contributed by atoms with Crippen LogP contribution in [0.5, 0.6) is 0 Å². The van der Waals surface area contributed by atoms with E-state index in [0.717, 1.165) is 41.9 Å². The number of aryl methyl sites for hydroxylation is 3. The summed E-state index contributed by atoms with van der Waals surface area (Å²) < 4.78 is 16.1. The van der Waals surface area contributed by atoms with Gasteiger partial charge in [0.15, 0.2) is 12.7 Å². The largest absolute Gasteiger partial charge is 0.480 e. The summed E-state index contributed by atoms with van der Waals surface area (Å²) in [5.41, 5.74) is 3.93. The predicted octanol–water partition coefficient (Wildman–Crippen LogP) is 3.79. The van der Waals surface area contributed by atoms with Gasteiger partial charge in [-0.15, -0.1) is 10.2 Å². The number of rotatable bonds is 42. The number of carboxylic acid groups (broad SMARTS) is 5. The van der Waals surface area contributed by atoms with Crippen LogP contribution >= 0.6 is 11.8 Å². The number of alkyl carbamates (subject to hydrolysis) is 2. The lowest BCUT2D eigenvalue weighted by Crippen LogP contribution is -2.46. The predicted molar refractivity (Wildman–Crippen MR) is 321 cm³/mol. The molecule has 1 aliphatic rings. The number of fused-ring (bicyclic) bond motifs is 2. The maximum Gasteiger partial charge on any atom is 0.407 e. The Balaban J connectivity index is 0.868. The summed E-state index contributed by atoms with van der Waals surface area (Å²) in [7, 11) is 0. The van der Waals surface area contributed by atoms with Crippen LogP contribution in [0.25, 0.3) is 17.0 Å². The number of hydrogen-bond donors (Lipinski definition) is 8. The van der Waals surface area contributed by atoms with Crippen molar-refractivity contribution in [2.45, 2.75) is 134 Å². The van der Waals surface area contributed by atoms with Crippen molar-refractivity contribution in [2.75, 3.05) is 57.4 Å². The number of thioether (sulfide) groups is 1. The van der Waals surface area contributed by atoms with Crippen LogP contribution in [0.3, 0.4) is 0 Å². The van der Waals surface area contributed by atoms with Crippen molar-refractivity contribution in [3.8, 4) is 0 Å². The Labute approximate surface area is 521 Å². The van der Waals surface area contributed by atoms with Crippen molar-refractivity contribution in [1.29, 1.82) is 0 Å². The number of nitrogens with one attached hydrogen (secondary N) is 3. The number of benzene rings is 2. The van der Waals surface area contributed by atoms with Gasteiger partial charge < -0.3 is 55.9 Å². The topological polar surface area (TPSA) is 401 Å². The lowest BCUT2D eigenvalue weighted by atomic mass is 10.0. The molecule has 3 amide bonds. The van der Waals surface area contributed by atoms with E-state index in [0.29, 0.717) is 69.4 Å². The molecule has 0 saturated heterocycles. The van der Waals surface area contributed by atoms with Gasteiger partial charge in [-0.05, 0) is 75.3 Å². The first-order valence-electron chi connectivity index (χ1n) is 29.4. The molecule has 5 aromatic rings. The summed E-state index contributed by atoms with van der Waals surface area (Å²) in [6, 6.07) is 15.7. The fourth-order valence-electron chi connectivity index (χ4n) is 9.91. The molecule has 30 nitrogen and oxygen atoms in total. The van der Waals surface area contributed by atoms with E-state index in [4.69, 9.17) is 24.8 Å². The van der Waals surface area contributed by atoms with Crippen LogP contribution in [0.2, 0.25) is 0 Å². The number of anilines is 1. The highest BCUT2D eigenvalue weighted by molar-refractivity contribution is 8.03. The number of unbranched alkanes of at least 4 members (excludes halogenated alkanes) is 3. The number of ketones is 2. The minimum atomic E-state index is -1.34. The van der Waals surface area contributed by atoms with Gasteiger partial charge in [0.25, 0.3) is 0 Å². The second-order valence-corrected chi connectivity index (χ2v) is 22.3. The van der Waals surface area contributed by atoms with Gasteiger partial charge in [-0.1, -0.05) is 59.3 Å². The number of ether oxygens (including phenoxy) is 2. The molecule has 8 N–H and O–H groups in total. The van der Waals surface area contributed by atoms with Crippen LogP contribution in [0.4, 0.5) is 15.3 Å². The molecule has 2 unspecified atom stereocenters.